The van der Waals surface area contributed by atoms with E-state index in [2.05, 4.69) is 29.3 Å². The smallest absolute Gasteiger partial charge is 0.212 e. The van der Waals surface area contributed by atoms with Gasteiger partial charge in [-0.25, -0.2) is 0 Å². The molecule has 0 N–H and O–H groups in total. The van der Waals surface area contributed by atoms with Gasteiger partial charge in [0.25, 0.3) is 0 Å². The zero-order chi connectivity index (χ0) is 19.5. The molecule has 0 spiro atoms. The van der Waals surface area contributed by atoms with Crippen molar-refractivity contribution in [1.82, 2.24) is 14.9 Å². The average Bonchev–Trinajstić information content (AvgIpc) is 3.12. The number of thioether (sulfide) groups is 1. The summed E-state index contributed by atoms with van der Waals surface area (Å²) < 4.78 is 13.3. The van der Waals surface area contributed by atoms with Gasteiger partial charge in [0.2, 0.25) is 5.16 Å². The van der Waals surface area contributed by atoms with Crippen molar-refractivity contribution >= 4 is 17.5 Å². The van der Waals surface area contributed by atoms with E-state index >= 15 is 0 Å². The van der Waals surface area contributed by atoms with E-state index in [-0.39, 0.29) is 0 Å². The van der Waals surface area contributed by atoms with E-state index in [4.69, 9.17) is 14.6 Å². The van der Waals surface area contributed by atoms with E-state index < -0.39 is 0 Å². The summed E-state index contributed by atoms with van der Waals surface area (Å²) in [4.78, 5) is 0. The number of benzene rings is 2. The van der Waals surface area contributed by atoms with Crippen LogP contribution in [-0.2, 0) is 6.61 Å². The first-order valence-corrected chi connectivity index (χ1v) is 10.2. The summed E-state index contributed by atoms with van der Waals surface area (Å²) in [5, 5.41) is 14.1. The second-order valence-electron chi connectivity index (χ2n) is 6.56. The van der Waals surface area contributed by atoms with Crippen LogP contribution in [0.5, 0.6) is 11.5 Å². The Bertz CT molecular complexity index is 1010. The predicted molar refractivity (Wildman–Crippen MR) is 111 cm³/mol. The molecule has 0 unspecified atom stereocenters. The fourth-order valence-electron chi connectivity index (χ4n) is 2.92. The monoisotopic (exact) mass is 394 g/mol. The van der Waals surface area contributed by atoms with Crippen molar-refractivity contribution in [3.05, 3.63) is 65.0 Å². The molecule has 0 aliphatic carbocycles. The second-order valence-corrected chi connectivity index (χ2v) is 7.50. The molecule has 1 aromatic heterocycles. The topological polar surface area (TPSA) is 61.5 Å². The highest BCUT2D eigenvalue weighted by Crippen LogP contribution is 2.26. The fraction of sp³-hybridized carbons (Fsp3) is 0.286. The first-order chi connectivity index (χ1) is 13.6. The first-order valence-electron chi connectivity index (χ1n) is 9.22. The summed E-state index contributed by atoms with van der Waals surface area (Å²) in [7, 11) is 0. The van der Waals surface area contributed by atoms with Crippen LogP contribution in [0.3, 0.4) is 0 Å². The summed E-state index contributed by atoms with van der Waals surface area (Å²) in [5.41, 5.74) is 4.30. The Labute approximate surface area is 168 Å². The quantitative estimate of drug-likeness (QED) is 0.626. The molecule has 0 amide bonds. The minimum absolute atomic E-state index is 0.317. The van der Waals surface area contributed by atoms with E-state index in [0.29, 0.717) is 19.0 Å². The van der Waals surface area contributed by atoms with E-state index in [1.807, 2.05) is 44.2 Å². The Balaban J connectivity index is 1.55. The van der Waals surface area contributed by atoms with Crippen LogP contribution in [0.15, 0.2) is 52.7 Å². The zero-order valence-corrected chi connectivity index (χ0v) is 17.0. The molecule has 1 aliphatic rings. The molecule has 0 bridgehead atoms. The maximum absolute atomic E-state index is 5.99. The third-order valence-corrected chi connectivity index (χ3v) is 5.36. The highest BCUT2D eigenvalue weighted by Gasteiger charge is 2.20. The summed E-state index contributed by atoms with van der Waals surface area (Å²) >= 11 is 1.63. The molecule has 7 heteroatoms. The molecule has 2 aromatic carbocycles. The maximum atomic E-state index is 5.99. The molecule has 28 heavy (non-hydrogen) atoms. The number of nitrogens with zero attached hydrogens (tertiary/aromatic N) is 4. The molecule has 0 fully saturated rings. The summed E-state index contributed by atoms with van der Waals surface area (Å²) in [6.07, 6.45) is 0. The SMILES string of the molecule is CCOc1ccc(C2=Nn3c(COc4cc(C)ccc4C)nnc3SC2)cc1. The van der Waals surface area contributed by atoms with Gasteiger partial charge in [0.05, 0.1) is 12.3 Å². The minimum Gasteiger partial charge on any atom is -0.494 e. The predicted octanol–water partition coefficient (Wildman–Crippen LogP) is 4.23. The van der Waals surface area contributed by atoms with Crippen LogP contribution in [0, 0.1) is 13.8 Å². The van der Waals surface area contributed by atoms with Gasteiger partial charge in [0.1, 0.15) is 18.1 Å². The minimum atomic E-state index is 0.317. The number of aryl methyl sites for hydroxylation is 2. The molecule has 0 radical (unpaired) electrons. The molecule has 1 aliphatic heterocycles. The number of hydrogen-bond acceptors (Lipinski definition) is 6. The lowest BCUT2D eigenvalue weighted by atomic mass is 10.1. The van der Waals surface area contributed by atoms with Gasteiger partial charge in [-0.1, -0.05) is 23.9 Å². The van der Waals surface area contributed by atoms with Crippen LogP contribution in [0.2, 0.25) is 0 Å². The molecular formula is C21H22N4O2S. The number of rotatable bonds is 6. The standard InChI is InChI=1S/C21H22N4O2S/c1-4-26-17-9-7-16(8-10-17)18-13-28-21-23-22-20(25(21)24-18)12-27-19-11-14(2)5-6-15(19)3/h5-11H,4,12-13H2,1-3H3. The van der Waals surface area contributed by atoms with E-state index in [0.717, 1.165) is 44.8 Å². The van der Waals surface area contributed by atoms with Crippen molar-refractivity contribution in [3.63, 3.8) is 0 Å². The van der Waals surface area contributed by atoms with Crippen molar-refractivity contribution in [1.29, 1.82) is 0 Å². The molecule has 3 aromatic rings. The van der Waals surface area contributed by atoms with E-state index in [1.165, 1.54) is 0 Å². The van der Waals surface area contributed by atoms with Crippen molar-refractivity contribution in [2.75, 3.05) is 12.4 Å². The Hall–Kier alpha value is -2.80. The Morgan fingerprint density at radius 1 is 1.04 bits per heavy atom. The van der Waals surface area contributed by atoms with Gasteiger partial charge in [-0.05, 0) is 67.8 Å². The normalized spacial score (nSPS) is 13.0. The third kappa shape index (κ3) is 3.89. The Morgan fingerprint density at radius 2 is 1.86 bits per heavy atom. The first kappa shape index (κ1) is 18.6. The van der Waals surface area contributed by atoms with E-state index in [1.54, 1.807) is 16.4 Å². The highest BCUT2D eigenvalue weighted by atomic mass is 32.2. The van der Waals surface area contributed by atoms with Crippen LogP contribution in [0.1, 0.15) is 29.4 Å². The van der Waals surface area contributed by atoms with Crippen LogP contribution in [0.4, 0.5) is 0 Å². The fourth-order valence-corrected chi connectivity index (χ4v) is 3.77. The van der Waals surface area contributed by atoms with Crippen molar-refractivity contribution in [2.24, 2.45) is 5.10 Å². The van der Waals surface area contributed by atoms with Crippen LogP contribution >= 0.6 is 11.8 Å². The summed E-state index contributed by atoms with van der Waals surface area (Å²) in [6.45, 7) is 7.04. The third-order valence-electron chi connectivity index (χ3n) is 4.43. The lowest BCUT2D eigenvalue weighted by molar-refractivity contribution is 0.287. The number of fused-ring (bicyclic) bond motifs is 1. The van der Waals surface area contributed by atoms with Gasteiger partial charge in [-0.2, -0.15) is 9.78 Å². The molecule has 0 atom stereocenters. The van der Waals surface area contributed by atoms with Gasteiger partial charge in [0.15, 0.2) is 5.82 Å². The highest BCUT2D eigenvalue weighted by molar-refractivity contribution is 7.99. The van der Waals surface area contributed by atoms with Gasteiger partial charge in [-0.15, -0.1) is 10.2 Å². The van der Waals surface area contributed by atoms with Crippen LogP contribution in [0.25, 0.3) is 0 Å². The van der Waals surface area contributed by atoms with E-state index in [9.17, 15) is 0 Å². The molecular weight excluding hydrogens is 372 g/mol. The van der Waals surface area contributed by atoms with Gasteiger partial charge < -0.3 is 9.47 Å². The molecule has 144 valence electrons. The summed E-state index contributed by atoms with van der Waals surface area (Å²) in [6, 6.07) is 14.2. The molecule has 0 saturated carbocycles. The molecule has 6 nitrogen and oxygen atoms in total. The maximum Gasteiger partial charge on any atom is 0.212 e. The molecule has 2 heterocycles. The average molecular weight is 395 g/mol. The Kier molecular flexibility index (Phi) is 5.34. The lowest BCUT2D eigenvalue weighted by Crippen LogP contribution is -2.15. The molecule has 0 saturated heterocycles. The number of aromatic nitrogens is 3. The van der Waals surface area contributed by atoms with Crippen molar-refractivity contribution in [2.45, 2.75) is 32.5 Å². The lowest BCUT2D eigenvalue weighted by Gasteiger charge is -2.15. The van der Waals surface area contributed by atoms with Gasteiger partial charge in [0, 0.05) is 5.75 Å². The zero-order valence-electron chi connectivity index (χ0n) is 16.2. The van der Waals surface area contributed by atoms with Gasteiger partial charge >= 0.3 is 0 Å². The number of hydrogen-bond donors (Lipinski definition) is 0. The molecule has 4 rings (SSSR count). The van der Waals surface area contributed by atoms with Crippen molar-refractivity contribution in [3.8, 4) is 11.5 Å². The van der Waals surface area contributed by atoms with Gasteiger partial charge in [-0.3, -0.25) is 0 Å². The van der Waals surface area contributed by atoms with Crippen LogP contribution in [-0.4, -0.2) is 32.9 Å². The Morgan fingerprint density at radius 3 is 2.64 bits per heavy atom. The largest absolute Gasteiger partial charge is 0.494 e. The number of ether oxygens (including phenoxy) is 2. The second kappa shape index (κ2) is 8.06. The van der Waals surface area contributed by atoms with Crippen molar-refractivity contribution < 1.29 is 9.47 Å². The summed E-state index contributed by atoms with van der Waals surface area (Å²) in [5.74, 6) is 3.16. The van der Waals surface area contributed by atoms with Crippen LogP contribution < -0.4 is 9.47 Å².